The molecular weight excluding hydrogens is 350 g/mol. The highest BCUT2D eigenvalue weighted by Crippen LogP contribution is 2.24. The van der Waals surface area contributed by atoms with E-state index < -0.39 is 0 Å². The third-order valence-electron chi connectivity index (χ3n) is 4.68. The molecule has 0 saturated heterocycles. The number of hydrogen-bond donors (Lipinski definition) is 2. The van der Waals surface area contributed by atoms with Crippen LogP contribution in [0.2, 0.25) is 0 Å². The van der Waals surface area contributed by atoms with Gasteiger partial charge in [-0.1, -0.05) is 36.4 Å². The molecule has 0 bridgehead atoms. The molecule has 0 aliphatic rings. The fraction of sp³-hybridized carbons (Fsp3) is 0.182. The summed E-state index contributed by atoms with van der Waals surface area (Å²) in [5, 5.41) is 12.3. The van der Waals surface area contributed by atoms with Gasteiger partial charge in [-0.3, -0.25) is 4.99 Å². The van der Waals surface area contributed by atoms with E-state index in [1.807, 2.05) is 65.5 Å². The van der Waals surface area contributed by atoms with Crippen molar-refractivity contribution in [2.24, 2.45) is 4.99 Å². The van der Waals surface area contributed by atoms with Crippen molar-refractivity contribution >= 4 is 16.9 Å². The minimum Gasteiger partial charge on any atom is -0.459 e. The van der Waals surface area contributed by atoms with Crippen LogP contribution < -0.4 is 10.6 Å². The average Bonchev–Trinajstić information content (AvgIpc) is 3.34. The van der Waals surface area contributed by atoms with Gasteiger partial charge in [0.1, 0.15) is 11.3 Å². The van der Waals surface area contributed by atoms with Crippen LogP contribution in [0.5, 0.6) is 0 Å². The first-order valence-corrected chi connectivity index (χ1v) is 9.26. The van der Waals surface area contributed by atoms with Crippen molar-refractivity contribution in [1.82, 2.24) is 20.4 Å². The van der Waals surface area contributed by atoms with E-state index in [9.17, 15) is 0 Å². The van der Waals surface area contributed by atoms with Gasteiger partial charge in [0.25, 0.3) is 0 Å². The second kappa shape index (κ2) is 8.00. The zero-order valence-corrected chi connectivity index (χ0v) is 16.0. The van der Waals surface area contributed by atoms with Gasteiger partial charge in [0.05, 0.1) is 24.5 Å². The number of nitrogens with one attached hydrogen (secondary N) is 2. The van der Waals surface area contributed by atoms with Crippen molar-refractivity contribution in [3.8, 4) is 5.69 Å². The highest BCUT2D eigenvalue weighted by Gasteiger charge is 2.10. The van der Waals surface area contributed by atoms with Crippen LogP contribution in [0.4, 0.5) is 0 Å². The molecule has 0 aliphatic carbocycles. The Hall–Kier alpha value is -3.54. The number of aromatic nitrogens is 2. The Labute approximate surface area is 163 Å². The fourth-order valence-electron chi connectivity index (χ4n) is 3.13. The van der Waals surface area contributed by atoms with Gasteiger partial charge in [-0.2, -0.15) is 5.10 Å². The number of fused-ring (bicyclic) bond motifs is 1. The number of benzene rings is 2. The molecular formula is C22H23N5O. The molecule has 2 heterocycles. The molecule has 28 heavy (non-hydrogen) atoms. The summed E-state index contributed by atoms with van der Waals surface area (Å²) in [6.07, 6.45) is 1.96. The molecule has 4 aromatic rings. The lowest BCUT2D eigenvalue weighted by molar-refractivity contribution is 0.534. The first-order valence-electron chi connectivity index (χ1n) is 9.26. The highest BCUT2D eigenvalue weighted by atomic mass is 16.3. The largest absolute Gasteiger partial charge is 0.459 e. The summed E-state index contributed by atoms with van der Waals surface area (Å²) in [6.45, 7) is 3.23. The van der Waals surface area contributed by atoms with Crippen molar-refractivity contribution in [2.75, 3.05) is 7.05 Å². The van der Waals surface area contributed by atoms with Crippen molar-refractivity contribution in [3.05, 3.63) is 83.9 Å². The SMILES string of the molecule is CN=C(NCc1ccn(-c2ccccc2)n1)NCc1oc2ccccc2c1C. The predicted molar refractivity (Wildman–Crippen MR) is 112 cm³/mol. The van der Waals surface area contributed by atoms with E-state index in [0.29, 0.717) is 19.0 Å². The minimum absolute atomic E-state index is 0.568. The molecule has 2 aromatic heterocycles. The first kappa shape index (κ1) is 17.9. The van der Waals surface area contributed by atoms with Crippen LogP contribution in [0, 0.1) is 6.92 Å². The lowest BCUT2D eigenvalue weighted by atomic mass is 10.1. The molecule has 0 spiro atoms. The number of furan rings is 1. The van der Waals surface area contributed by atoms with Crippen molar-refractivity contribution in [3.63, 3.8) is 0 Å². The van der Waals surface area contributed by atoms with Gasteiger partial charge in [0.2, 0.25) is 0 Å². The molecule has 6 heteroatoms. The van der Waals surface area contributed by atoms with E-state index in [0.717, 1.165) is 33.7 Å². The summed E-state index contributed by atoms with van der Waals surface area (Å²) in [7, 11) is 1.75. The number of guanidine groups is 1. The van der Waals surface area contributed by atoms with Gasteiger partial charge < -0.3 is 15.1 Å². The lowest BCUT2D eigenvalue weighted by Crippen LogP contribution is -2.36. The van der Waals surface area contributed by atoms with E-state index in [1.165, 1.54) is 0 Å². The average molecular weight is 373 g/mol. The number of aliphatic imine (C=N–C) groups is 1. The van der Waals surface area contributed by atoms with Crippen molar-refractivity contribution in [1.29, 1.82) is 0 Å². The third kappa shape index (κ3) is 3.76. The molecule has 0 radical (unpaired) electrons. The quantitative estimate of drug-likeness (QED) is 0.413. The van der Waals surface area contributed by atoms with Crippen LogP contribution in [-0.4, -0.2) is 22.8 Å². The van der Waals surface area contributed by atoms with E-state index in [2.05, 4.69) is 33.7 Å². The maximum absolute atomic E-state index is 5.95. The van der Waals surface area contributed by atoms with Crippen LogP contribution in [-0.2, 0) is 13.1 Å². The van der Waals surface area contributed by atoms with Gasteiger partial charge in [-0.25, -0.2) is 4.68 Å². The number of para-hydroxylation sites is 2. The molecule has 0 amide bonds. The van der Waals surface area contributed by atoms with E-state index >= 15 is 0 Å². The monoisotopic (exact) mass is 373 g/mol. The standard InChI is InChI=1S/C22H23N5O/c1-16-19-10-6-7-11-20(19)28-21(16)15-25-22(23-2)24-14-17-12-13-27(26-17)18-8-4-3-5-9-18/h3-13H,14-15H2,1-2H3,(H2,23,24,25). The second-order valence-corrected chi connectivity index (χ2v) is 6.51. The summed E-state index contributed by atoms with van der Waals surface area (Å²) < 4.78 is 7.81. The predicted octanol–water partition coefficient (Wildman–Crippen LogP) is 3.79. The number of hydrogen-bond acceptors (Lipinski definition) is 3. The number of rotatable bonds is 5. The molecule has 142 valence electrons. The molecule has 0 atom stereocenters. The Balaban J connectivity index is 1.36. The first-order chi connectivity index (χ1) is 13.7. The maximum Gasteiger partial charge on any atom is 0.191 e. The third-order valence-corrected chi connectivity index (χ3v) is 4.68. The van der Waals surface area contributed by atoms with Crippen LogP contribution in [0.25, 0.3) is 16.7 Å². The molecule has 6 nitrogen and oxygen atoms in total. The Bertz CT molecular complexity index is 1090. The minimum atomic E-state index is 0.568. The van der Waals surface area contributed by atoms with E-state index in [4.69, 9.17) is 4.42 Å². The zero-order valence-electron chi connectivity index (χ0n) is 16.0. The summed E-state index contributed by atoms with van der Waals surface area (Å²) >= 11 is 0. The molecule has 2 N–H and O–H groups in total. The Kier molecular flexibility index (Phi) is 5.10. The van der Waals surface area contributed by atoms with Crippen molar-refractivity contribution < 1.29 is 4.42 Å². The normalized spacial score (nSPS) is 11.7. The Morgan fingerprint density at radius 1 is 1.00 bits per heavy atom. The van der Waals surface area contributed by atoms with Gasteiger partial charge >= 0.3 is 0 Å². The van der Waals surface area contributed by atoms with Crippen molar-refractivity contribution in [2.45, 2.75) is 20.0 Å². The van der Waals surface area contributed by atoms with Crippen LogP contribution >= 0.6 is 0 Å². The molecule has 0 aliphatic heterocycles. The molecule has 4 rings (SSSR count). The molecule has 0 fully saturated rings. The van der Waals surface area contributed by atoms with Crippen LogP contribution in [0.3, 0.4) is 0 Å². The summed E-state index contributed by atoms with van der Waals surface area (Å²) in [6, 6.07) is 20.1. The zero-order chi connectivity index (χ0) is 19.3. The van der Waals surface area contributed by atoms with Gasteiger partial charge in [-0.15, -0.1) is 0 Å². The summed E-state index contributed by atoms with van der Waals surface area (Å²) in [4.78, 5) is 4.28. The molecule has 2 aromatic carbocycles. The van der Waals surface area contributed by atoms with E-state index in [-0.39, 0.29) is 0 Å². The fourth-order valence-corrected chi connectivity index (χ4v) is 3.13. The molecule has 0 saturated carbocycles. The number of aryl methyl sites for hydroxylation is 1. The van der Waals surface area contributed by atoms with Gasteiger partial charge in [0, 0.05) is 24.2 Å². The van der Waals surface area contributed by atoms with Crippen LogP contribution in [0.15, 0.2) is 76.3 Å². The summed E-state index contributed by atoms with van der Waals surface area (Å²) in [5.41, 5.74) is 4.04. The second-order valence-electron chi connectivity index (χ2n) is 6.51. The summed E-state index contributed by atoms with van der Waals surface area (Å²) in [5.74, 6) is 1.62. The Morgan fingerprint density at radius 2 is 1.75 bits per heavy atom. The van der Waals surface area contributed by atoms with Crippen LogP contribution in [0.1, 0.15) is 17.0 Å². The highest BCUT2D eigenvalue weighted by molar-refractivity contribution is 5.82. The van der Waals surface area contributed by atoms with Gasteiger partial charge in [0.15, 0.2) is 5.96 Å². The van der Waals surface area contributed by atoms with Gasteiger partial charge in [-0.05, 0) is 31.2 Å². The lowest BCUT2D eigenvalue weighted by Gasteiger charge is -2.10. The number of nitrogens with zero attached hydrogens (tertiary/aromatic N) is 3. The van der Waals surface area contributed by atoms with E-state index in [1.54, 1.807) is 7.05 Å². The smallest absolute Gasteiger partial charge is 0.191 e. The maximum atomic E-state index is 5.95. The topological polar surface area (TPSA) is 67.4 Å². The molecule has 0 unspecified atom stereocenters. The Morgan fingerprint density at radius 3 is 2.54 bits per heavy atom.